The lowest BCUT2D eigenvalue weighted by molar-refractivity contribution is 0.351. The first-order chi connectivity index (χ1) is 11.5. The van der Waals surface area contributed by atoms with Crippen molar-refractivity contribution in [3.05, 3.63) is 42.0 Å². The Kier molecular flexibility index (Phi) is 5.80. The second-order valence-corrected chi connectivity index (χ2v) is 5.05. The van der Waals surface area contributed by atoms with E-state index in [1.807, 2.05) is 12.1 Å². The minimum Gasteiger partial charge on any atom is -0.504 e. The third kappa shape index (κ3) is 4.50. The predicted octanol–water partition coefficient (Wildman–Crippen LogP) is 2.44. The number of ether oxygens (including phenoxy) is 2. The van der Waals surface area contributed by atoms with Gasteiger partial charge in [-0.05, 0) is 48.6 Å². The molecule has 0 amide bonds. The molecule has 24 heavy (non-hydrogen) atoms. The van der Waals surface area contributed by atoms with Crippen molar-refractivity contribution in [2.45, 2.75) is 0 Å². The summed E-state index contributed by atoms with van der Waals surface area (Å²) in [5.74, 6) is 0.281. The number of phenols is 2. The minimum atomic E-state index is -0.320. The number of thiocarbonyl (C=S) groups is 1. The molecule has 2 aromatic carbocycles. The van der Waals surface area contributed by atoms with Crippen molar-refractivity contribution in [1.82, 2.24) is 5.43 Å². The van der Waals surface area contributed by atoms with Crippen LogP contribution in [0, 0.1) is 0 Å². The van der Waals surface area contributed by atoms with E-state index in [0.29, 0.717) is 10.7 Å². The Balaban J connectivity index is 1.95. The maximum Gasteiger partial charge on any atom is 0.200 e. The molecule has 0 fully saturated rings. The van der Waals surface area contributed by atoms with E-state index in [1.165, 1.54) is 25.5 Å². The average Bonchev–Trinajstić information content (AvgIpc) is 2.58. The second-order valence-electron chi connectivity index (χ2n) is 4.64. The Hall–Kier alpha value is -3.00. The molecule has 0 saturated heterocycles. The molecular weight excluding hydrogens is 330 g/mol. The zero-order chi connectivity index (χ0) is 17.5. The summed E-state index contributed by atoms with van der Waals surface area (Å²) >= 11 is 5.13. The molecule has 0 bridgehead atoms. The second kappa shape index (κ2) is 8.02. The SMILES string of the molecule is COc1ccc(NC(=S)N/N=C/c2cc(O)c(O)c(OC)c2)cc1. The number of nitrogens with zero attached hydrogens (tertiary/aromatic N) is 1. The number of hydrogen-bond donors (Lipinski definition) is 4. The molecule has 0 aliphatic rings. The Morgan fingerprint density at radius 1 is 1.12 bits per heavy atom. The molecule has 126 valence electrons. The zero-order valence-electron chi connectivity index (χ0n) is 13.1. The molecule has 7 nitrogen and oxygen atoms in total. The highest BCUT2D eigenvalue weighted by molar-refractivity contribution is 7.80. The molecule has 0 heterocycles. The summed E-state index contributed by atoms with van der Waals surface area (Å²) in [6, 6.07) is 10.1. The molecule has 0 spiro atoms. The fourth-order valence-corrected chi connectivity index (χ4v) is 2.01. The number of benzene rings is 2. The summed E-state index contributed by atoms with van der Waals surface area (Å²) < 4.78 is 10.0. The standard InChI is InChI=1S/C16H17N3O4S/c1-22-12-5-3-11(4-6-12)18-16(24)19-17-9-10-7-13(20)15(21)14(8-10)23-2/h3-9,20-21H,1-2H3,(H2,18,19,24)/b17-9+. The van der Waals surface area contributed by atoms with Crippen molar-refractivity contribution in [2.24, 2.45) is 5.10 Å². The molecule has 2 aromatic rings. The molecule has 4 N–H and O–H groups in total. The molecule has 0 saturated carbocycles. The number of rotatable bonds is 5. The van der Waals surface area contributed by atoms with Gasteiger partial charge in [-0.15, -0.1) is 0 Å². The Morgan fingerprint density at radius 2 is 1.83 bits per heavy atom. The van der Waals surface area contributed by atoms with Gasteiger partial charge in [-0.2, -0.15) is 5.10 Å². The lowest BCUT2D eigenvalue weighted by atomic mass is 10.2. The average molecular weight is 347 g/mol. The first-order valence-electron chi connectivity index (χ1n) is 6.87. The third-order valence-corrected chi connectivity index (χ3v) is 3.22. The van der Waals surface area contributed by atoms with Crippen LogP contribution in [0.3, 0.4) is 0 Å². The van der Waals surface area contributed by atoms with Gasteiger partial charge in [0.05, 0.1) is 20.4 Å². The van der Waals surface area contributed by atoms with Crippen LogP contribution in [0.1, 0.15) is 5.56 Å². The van der Waals surface area contributed by atoms with E-state index >= 15 is 0 Å². The summed E-state index contributed by atoms with van der Waals surface area (Å²) in [7, 11) is 2.99. The van der Waals surface area contributed by atoms with Gasteiger partial charge in [0.15, 0.2) is 16.6 Å². The van der Waals surface area contributed by atoms with Gasteiger partial charge in [0, 0.05) is 11.3 Å². The monoisotopic (exact) mass is 347 g/mol. The summed E-state index contributed by atoms with van der Waals surface area (Å²) in [5.41, 5.74) is 3.97. The van der Waals surface area contributed by atoms with Crippen molar-refractivity contribution < 1.29 is 19.7 Å². The number of hydrogen-bond acceptors (Lipinski definition) is 6. The van der Waals surface area contributed by atoms with E-state index < -0.39 is 0 Å². The topological polar surface area (TPSA) is 95.3 Å². The van der Waals surface area contributed by atoms with Gasteiger partial charge in [0.1, 0.15) is 5.75 Å². The van der Waals surface area contributed by atoms with Crippen molar-refractivity contribution in [1.29, 1.82) is 0 Å². The smallest absolute Gasteiger partial charge is 0.200 e. The number of methoxy groups -OCH3 is 2. The van der Waals surface area contributed by atoms with Gasteiger partial charge in [-0.25, -0.2) is 0 Å². The summed E-state index contributed by atoms with van der Waals surface area (Å²) in [5, 5.41) is 26.4. The molecular formula is C16H17N3O4S. The fraction of sp³-hybridized carbons (Fsp3) is 0.125. The van der Waals surface area contributed by atoms with E-state index in [-0.39, 0.29) is 17.2 Å². The Morgan fingerprint density at radius 3 is 2.46 bits per heavy atom. The zero-order valence-corrected chi connectivity index (χ0v) is 13.9. The number of aromatic hydroxyl groups is 2. The molecule has 0 unspecified atom stereocenters. The van der Waals surface area contributed by atoms with E-state index in [1.54, 1.807) is 19.2 Å². The summed E-state index contributed by atoms with van der Waals surface area (Å²) in [4.78, 5) is 0. The number of anilines is 1. The Bertz CT molecular complexity index is 748. The van der Waals surface area contributed by atoms with E-state index in [9.17, 15) is 10.2 Å². The Labute approximate surface area is 144 Å². The maximum absolute atomic E-state index is 9.60. The highest BCUT2D eigenvalue weighted by Crippen LogP contribution is 2.35. The minimum absolute atomic E-state index is 0.149. The van der Waals surface area contributed by atoms with Crippen LogP contribution < -0.4 is 20.2 Å². The van der Waals surface area contributed by atoms with Crippen molar-refractivity contribution in [2.75, 3.05) is 19.5 Å². The van der Waals surface area contributed by atoms with Crippen LogP contribution in [0.25, 0.3) is 0 Å². The number of nitrogens with one attached hydrogen (secondary N) is 2. The van der Waals surface area contributed by atoms with Crippen LogP contribution >= 0.6 is 12.2 Å². The lowest BCUT2D eigenvalue weighted by Gasteiger charge is -2.08. The quantitative estimate of drug-likeness (QED) is 0.286. The van der Waals surface area contributed by atoms with Crippen LogP contribution in [0.4, 0.5) is 5.69 Å². The van der Waals surface area contributed by atoms with Crippen LogP contribution in [0.2, 0.25) is 0 Å². The van der Waals surface area contributed by atoms with Gasteiger partial charge in [-0.3, -0.25) is 5.43 Å². The first-order valence-corrected chi connectivity index (χ1v) is 7.28. The first kappa shape index (κ1) is 17.4. The highest BCUT2D eigenvalue weighted by atomic mass is 32.1. The van der Waals surface area contributed by atoms with Crippen molar-refractivity contribution in [3.8, 4) is 23.0 Å². The van der Waals surface area contributed by atoms with Gasteiger partial charge in [-0.1, -0.05) is 0 Å². The fourth-order valence-electron chi connectivity index (χ4n) is 1.84. The van der Waals surface area contributed by atoms with Gasteiger partial charge in [0.2, 0.25) is 5.75 Å². The highest BCUT2D eigenvalue weighted by Gasteiger charge is 2.08. The molecule has 0 aliphatic heterocycles. The molecule has 8 heteroatoms. The van der Waals surface area contributed by atoms with Gasteiger partial charge >= 0.3 is 0 Å². The number of phenolic OH excluding ortho intramolecular Hbond substituents is 2. The number of hydrazone groups is 1. The normalized spacial score (nSPS) is 10.4. The van der Waals surface area contributed by atoms with Gasteiger partial charge in [0.25, 0.3) is 0 Å². The molecule has 0 atom stereocenters. The predicted molar refractivity (Wildman–Crippen MR) is 96.3 cm³/mol. The van der Waals surface area contributed by atoms with Crippen molar-refractivity contribution >= 4 is 29.2 Å². The van der Waals surface area contributed by atoms with Crippen LogP contribution in [-0.4, -0.2) is 35.8 Å². The van der Waals surface area contributed by atoms with Crippen LogP contribution in [0.15, 0.2) is 41.5 Å². The van der Waals surface area contributed by atoms with Crippen molar-refractivity contribution in [3.63, 3.8) is 0 Å². The van der Waals surface area contributed by atoms with E-state index in [4.69, 9.17) is 21.7 Å². The molecule has 2 rings (SSSR count). The van der Waals surface area contributed by atoms with E-state index in [0.717, 1.165) is 11.4 Å². The third-order valence-electron chi connectivity index (χ3n) is 3.02. The van der Waals surface area contributed by atoms with Gasteiger partial charge < -0.3 is 25.0 Å². The largest absolute Gasteiger partial charge is 0.504 e. The van der Waals surface area contributed by atoms with E-state index in [2.05, 4.69) is 15.8 Å². The molecule has 0 aromatic heterocycles. The maximum atomic E-state index is 9.60. The lowest BCUT2D eigenvalue weighted by Crippen LogP contribution is -2.23. The summed E-state index contributed by atoms with van der Waals surface area (Å²) in [6.07, 6.45) is 1.43. The van der Waals surface area contributed by atoms with Crippen LogP contribution in [-0.2, 0) is 0 Å². The molecule has 0 radical (unpaired) electrons. The molecule has 0 aliphatic carbocycles. The summed E-state index contributed by atoms with van der Waals surface area (Å²) in [6.45, 7) is 0. The van der Waals surface area contributed by atoms with Crippen LogP contribution in [0.5, 0.6) is 23.0 Å².